The topological polar surface area (TPSA) is 92.4 Å². The molecule has 0 aliphatic heterocycles. The first-order chi connectivity index (χ1) is 9.50. The Kier molecular flexibility index (Phi) is 5.41. The number of benzene rings is 1. The van der Waals surface area contributed by atoms with Gasteiger partial charge in [0.2, 0.25) is 10.0 Å². The minimum absolute atomic E-state index is 0.0766. The average molecular weight is 314 g/mol. The van der Waals surface area contributed by atoms with Crippen molar-refractivity contribution in [2.24, 2.45) is 5.41 Å². The molecule has 1 atom stereocenters. The van der Waals surface area contributed by atoms with Crippen molar-refractivity contribution in [3.05, 3.63) is 23.3 Å². The lowest BCUT2D eigenvalue weighted by molar-refractivity contribution is 0.214. The van der Waals surface area contributed by atoms with Crippen LogP contribution in [0.15, 0.2) is 17.0 Å². The molecule has 1 aromatic rings. The van der Waals surface area contributed by atoms with E-state index in [0.29, 0.717) is 12.0 Å². The van der Waals surface area contributed by atoms with E-state index >= 15 is 0 Å². The average Bonchev–Trinajstić information content (AvgIpc) is 2.32. The maximum atomic E-state index is 12.7. The minimum atomic E-state index is -3.73. The van der Waals surface area contributed by atoms with Gasteiger partial charge in [-0.15, -0.1) is 0 Å². The number of aliphatic hydroxyl groups excluding tert-OH is 1. The first-order valence-electron chi connectivity index (χ1n) is 6.99. The Balaban J connectivity index is 3.26. The van der Waals surface area contributed by atoms with E-state index in [9.17, 15) is 8.42 Å². The zero-order valence-electron chi connectivity index (χ0n) is 13.4. The first-order valence-corrected chi connectivity index (χ1v) is 8.48. The van der Waals surface area contributed by atoms with Crippen molar-refractivity contribution in [1.82, 2.24) is 4.72 Å². The van der Waals surface area contributed by atoms with Gasteiger partial charge < -0.3 is 10.8 Å². The number of hydrogen-bond donors (Lipinski definition) is 3. The maximum Gasteiger partial charge on any atom is 0.243 e. The van der Waals surface area contributed by atoms with Gasteiger partial charge in [-0.3, -0.25) is 0 Å². The van der Waals surface area contributed by atoms with Crippen LogP contribution in [-0.4, -0.2) is 26.2 Å². The largest absolute Gasteiger partial charge is 0.398 e. The van der Waals surface area contributed by atoms with E-state index < -0.39 is 10.0 Å². The third kappa shape index (κ3) is 4.18. The first kappa shape index (κ1) is 17.9. The van der Waals surface area contributed by atoms with Crippen LogP contribution >= 0.6 is 0 Å². The number of rotatable bonds is 5. The van der Waals surface area contributed by atoms with Gasteiger partial charge in [-0.05, 0) is 42.9 Å². The summed E-state index contributed by atoms with van der Waals surface area (Å²) >= 11 is 0. The molecule has 0 amide bonds. The standard InChI is InChI=1S/C15H26N2O3S/c1-10-6-7-12(16)14(11(10)2)21(19,20)17-13(8-9-18)15(3,4)5/h6-7,13,17-18H,8-9,16H2,1-5H3. The van der Waals surface area contributed by atoms with Crippen molar-refractivity contribution in [3.63, 3.8) is 0 Å². The Morgan fingerprint density at radius 3 is 2.33 bits per heavy atom. The quantitative estimate of drug-likeness (QED) is 0.724. The van der Waals surface area contributed by atoms with E-state index in [0.717, 1.165) is 5.56 Å². The molecule has 1 rings (SSSR count). The summed E-state index contributed by atoms with van der Waals surface area (Å²) in [7, 11) is -3.73. The monoisotopic (exact) mass is 314 g/mol. The normalized spacial score (nSPS) is 14.2. The fourth-order valence-corrected chi connectivity index (χ4v) is 4.12. The van der Waals surface area contributed by atoms with Gasteiger partial charge in [0.05, 0.1) is 5.69 Å². The van der Waals surface area contributed by atoms with Gasteiger partial charge in [0.1, 0.15) is 4.90 Å². The molecule has 0 bridgehead atoms. The van der Waals surface area contributed by atoms with E-state index in [4.69, 9.17) is 10.8 Å². The number of aryl methyl sites for hydroxylation is 1. The van der Waals surface area contributed by atoms with Gasteiger partial charge in [-0.1, -0.05) is 26.8 Å². The summed E-state index contributed by atoms with van der Waals surface area (Å²) in [6.07, 6.45) is 0.355. The number of nitrogens with one attached hydrogen (secondary N) is 1. The van der Waals surface area contributed by atoms with Crippen molar-refractivity contribution in [1.29, 1.82) is 0 Å². The third-order valence-electron chi connectivity index (χ3n) is 3.74. The molecule has 0 spiro atoms. The highest BCUT2D eigenvalue weighted by Gasteiger charge is 2.31. The van der Waals surface area contributed by atoms with E-state index in [1.807, 2.05) is 27.7 Å². The second kappa shape index (κ2) is 6.34. The second-order valence-corrected chi connectivity index (χ2v) is 8.13. The predicted molar refractivity (Wildman–Crippen MR) is 85.6 cm³/mol. The molecule has 5 nitrogen and oxygen atoms in total. The van der Waals surface area contributed by atoms with Gasteiger partial charge in [-0.25, -0.2) is 13.1 Å². The zero-order valence-corrected chi connectivity index (χ0v) is 14.2. The van der Waals surface area contributed by atoms with Crippen molar-refractivity contribution < 1.29 is 13.5 Å². The highest BCUT2D eigenvalue weighted by Crippen LogP contribution is 2.28. The molecule has 1 unspecified atom stereocenters. The van der Waals surface area contributed by atoms with Gasteiger partial charge in [0.15, 0.2) is 0 Å². The number of anilines is 1. The number of aliphatic hydroxyl groups is 1. The van der Waals surface area contributed by atoms with Crippen LogP contribution in [-0.2, 0) is 10.0 Å². The molecular weight excluding hydrogens is 288 g/mol. The Labute approximate surface area is 127 Å². The summed E-state index contributed by atoms with van der Waals surface area (Å²) in [6.45, 7) is 9.32. The molecule has 0 fully saturated rings. The van der Waals surface area contributed by atoms with E-state index in [2.05, 4.69) is 4.72 Å². The van der Waals surface area contributed by atoms with Crippen LogP contribution in [0, 0.1) is 19.3 Å². The molecule has 0 saturated heterocycles. The van der Waals surface area contributed by atoms with Crippen LogP contribution in [0.2, 0.25) is 0 Å². The second-order valence-electron chi connectivity index (χ2n) is 6.48. The lowest BCUT2D eigenvalue weighted by atomic mass is 9.86. The highest BCUT2D eigenvalue weighted by atomic mass is 32.2. The van der Waals surface area contributed by atoms with Crippen LogP contribution in [0.5, 0.6) is 0 Å². The maximum absolute atomic E-state index is 12.7. The highest BCUT2D eigenvalue weighted by molar-refractivity contribution is 7.89. The molecule has 4 N–H and O–H groups in total. The zero-order chi connectivity index (χ0) is 16.4. The Bertz CT molecular complexity index is 604. The summed E-state index contributed by atoms with van der Waals surface area (Å²) in [5, 5.41) is 9.16. The van der Waals surface area contributed by atoms with E-state index in [-0.39, 0.29) is 28.6 Å². The molecule has 0 aliphatic rings. The summed E-state index contributed by atoms with van der Waals surface area (Å²) in [5.41, 5.74) is 7.33. The molecule has 0 heterocycles. The summed E-state index contributed by atoms with van der Waals surface area (Å²) < 4.78 is 28.1. The van der Waals surface area contributed by atoms with Gasteiger partial charge in [0.25, 0.3) is 0 Å². The minimum Gasteiger partial charge on any atom is -0.398 e. The van der Waals surface area contributed by atoms with Crippen LogP contribution in [0.3, 0.4) is 0 Å². The molecule has 0 aromatic heterocycles. The third-order valence-corrected chi connectivity index (χ3v) is 5.41. The van der Waals surface area contributed by atoms with E-state index in [1.165, 1.54) is 0 Å². The number of nitrogen functional groups attached to an aromatic ring is 1. The van der Waals surface area contributed by atoms with Crippen molar-refractivity contribution in [3.8, 4) is 0 Å². The smallest absolute Gasteiger partial charge is 0.243 e. The van der Waals surface area contributed by atoms with Crippen molar-refractivity contribution >= 4 is 15.7 Å². The van der Waals surface area contributed by atoms with Crippen molar-refractivity contribution in [2.45, 2.75) is 52.0 Å². The molecule has 0 radical (unpaired) electrons. The van der Waals surface area contributed by atoms with Crippen LogP contribution in [0.1, 0.15) is 38.3 Å². The molecule has 21 heavy (non-hydrogen) atoms. The van der Waals surface area contributed by atoms with Crippen LogP contribution < -0.4 is 10.5 Å². The molecular formula is C15H26N2O3S. The SMILES string of the molecule is Cc1ccc(N)c(S(=O)(=O)NC(CCO)C(C)(C)C)c1C. The Hall–Kier alpha value is -1.11. The van der Waals surface area contributed by atoms with Crippen LogP contribution in [0.4, 0.5) is 5.69 Å². The number of sulfonamides is 1. The van der Waals surface area contributed by atoms with E-state index in [1.54, 1.807) is 19.1 Å². The summed E-state index contributed by atoms with van der Waals surface area (Å²) in [6, 6.07) is 3.04. The van der Waals surface area contributed by atoms with Gasteiger partial charge in [0, 0.05) is 12.6 Å². The summed E-state index contributed by atoms with van der Waals surface area (Å²) in [4.78, 5) is 0.134. The van der Waals surface area contributed by atoms with Crippen molar-refractivity contribution in [2.75, 3.05) is 12.3 Å². The van der Waals surface area contributed by atoms with Crippen LogP contribution in [0.25, 0.3) is 0 Å². The summed E-state index contributed by atoms with van der Waals surface area (Å²) in [5.74, 6) is 0. The lowest BCUT2D eigenvalue weighted by Gasteiger charge is -2.31. The molecule has 0 aliphatic carbocycles. The lowest BCUT2D eigenvalue weighted by Crippen LogP contribution is -2.44. The number of nitrogens with two attached hydrogens (primary N) is 1. The Morgan fingerprint density at radius 1 is 1.29 bits per heavy atom. The fourth-order valence-electron chi connectivity index (χ4n) is 2.21. The molecule has 0 saturated carbocycles. The molecule has 1 aromatic carbocycles. The van der Waals surface area contributed by atoms with Gasteiger partial charge in [-0.2, -0.15) is 0 Å². The molecule has 120 valence electrons. The Morgan fingerprint density at radius 2 is 1.86 bits per heavy atom. The fraction of sp³-hybridized carbons (Fsp3) is 0.600. The molecule has 6 heteroatoms. The number of hydrogen-bond acceptors (Lipinski definition) is 4. The predicted octanol–water partition coefficient (Wildman–Crippen LogP) is 1.96. The van der Waals surface area contributed by atoms with Gasteiger partial charge >= 0.3 is 0 Å².